The normalized spacial score (nSPS) is 20.2. The first-order valence-electron chi connectivity index (χ1n) is 4.26. The summed E-state index contributed by atoms with van der Waals surface area (Å²) < 4.78 is 4.96. The van der Waals surface area contributed by atoms with E-state index < -0.39 is 0 Å². The fourth-order valence-electron chi connectivity index (χ4n) is 1.44. The van der Waals surface area contributed by atoms with Crippen molar-refractivity contribution in [2.75, 3.05) is 5.32 Å². The van der Waals surface area contributed by atoms with Crippen LogP contribution in [-0.4, -0.2) is 15.7 Å². The van der Waals surface area contributed by atoms with Gasteiger partial charge in [-0.15, -0.1) is 0 Å². The van der Waals surface area contributed by atoms with Crippen LogP contribution in [0.2, 0.25) is 0 Å². The van der Waals surface area contributed by atoms with Crippen molar-refractivity contribution >= 4 is 6.01 Å². The van der Waals surface area contributed by atoms with Gasteiger partial charge in [-0.1, -0.05) is 5.16 Å². The number of hydrogen-bond donors (Lipinski definition) is 1. The quantitative estimate of drug-likeness (QED) is 0.728. The Balaban J connectivity index is 2.03. The zero-order valence-corrected chi connectivity index (χ0v) is 7.42. The zero-order chi connectivity index (χ0) is 8.60. The first-order chi connectivity index (χ1) is 5.68. The molecule has 1 fully saturated rings. The van der Waals surface area contributed by atoms with Gasteiger partial charge in [0, 0.05) is 5.54 Å². The van der Waals surface area contributed by atoms with E-state index in [0.717, 1.165) is 0 Å². The molecule has 2 rings (SSSR count). The second-order valence-electron chi connectivity index (χ2n) is 3.69. The van der Waals surface area contributed by atoms with Crippen LogP contribution in [0.4, 0.5) is 6.01 Å². The Bertz CT molecular complexity index is 278. The second-order valence-corrected chi connectivity index (χ2v) is 3.69. The fourth-order valence-corrected chi connectivity index (χ4v) is 1.44. The Morgan fingerprint density at radius 1 is 1.50 bits per heavy atom. The third-order valence-corrected chi connectivity index (χ3v) is 2.39. The van der Waals surface area contributed by atoms with E-state index >= 15 is 0 Å². The van der Waals surface area contributed by atoms with E-state index in [1.807, 2.05) is 6.92 Å². The lowest BCUT2D eigenvalue weighted by molar-refractivity contribution is 0.292. The first kappa shape index (κ1) is 7.58. The van der Waals surface area contributed by atoms with Gasteiger partial charge in [0.05, 0.1) is 0 Å². The molecule has 66 valence electrons. The average Bonchev–Trinajstić information content (AvgIpc) is 2.32. The standard InChI is InChI=1S/C8H13N3O/c1-6-9-7(12-11-6)10-8(2)4-3-5-8/h3-5H2,1-2H3,(H,9,10,11). The highest BCUT2D eigenvalue weighted by Crippen LogP contribution is 2.33. The molecule has 0 spiro atoms. The highest BCUT2D eigenvalue weighted by atomic mass is 16.5. The van der Waals surface area contributed by atoms with Gasteiger partial charge in [-0.25, -0.2) is 0 Å². The molecule has 1 aromatic rings. The Hall–Kier alpha value is -1.06. The summed E-state index contributed by atoms with van der Waals surface area (Å²) in [6.45, 7) is 3.99. The molecule has 1 aliphatic rings. The van der Waals surface area contributed by atoms with Crippen LogP contribution in [0, 0.1) is 6.92 Å². The topological polar surface area (TPSA) is 51.0 Å². The van der Waals surface area contributed by atoms with Crippen molar-refractivity contribution in [1.82, 2.24) is 10.1 Å². The third-order valence-electron chi connectivity index (χ3n) is 2.39. The molecule has 0 amide bonds. The van der Waals surface area contributed by atoms with Gasteiger partial charge in [0.15, 0.2) is 5.82 Å². The van der Waals surface area contributed by atoms with E-state index in [0.29, 0.717) is 11.8 Å². The number of aromatic nitrogens is 2. The third kappa shape index (κ3) is 1.29. The van der Waals surface area contributed by atoms with Gasteiger partial charge in [0.25, 0.3) is 0 Å². The molecule has 0 unspecified atom stereocenters. The number of nitrogens with one attached hydrogen (secondary N) is 1. The SMILES string of the molecule is Cc1noc(NC2(C)CCC2)n1. The summed E-state index contributed by atoms with van der Waals surface area (Å²) in [5.74, 6) is 0.681. The zero-order valence-electron chi connectivity index (χ0n) is 7.42. The minimum Gasteiger partial charge on any atom is -0.333 e. The van der Waals surface area contributed by atoms with Crippen molar-refractivity contribution in [2.24, 2.45) is 0 Å². The fraction of sp³-hybridized carbons (Fsp3) is 0.750. The maximum absolute atomic E-state index is 4.96. The summed E-state index contributed by atoms with van der Waals surface area (Å²) in [5, 5.41) is 6.95. The molecule has 1 aromatic heterocycles. The first-order valence-corrected chi connectivity index (χ1v) is 4.26. The number of hydrogen-bond acceptors (Lipinski definition) is 4. The van der Waals surface area contributed by atoms with E-state index in [9.17, 15) is 0 Å². The van der Waals surface area contributed by atoms with Crippen molar-refractivity contribution in [1.29, 1.82) is 0 Å². The molecule has 1 aliphatic carbocycles. The van der Waals surface area contributed by atoms with Crippen LogP contribution in [0.3, 0.4) is 0 Å². The maximum atomic E-state index is 4.96. The summed E-state index contributed by atoms with van der Waals surface area (Å²) in [5.41, 5.74) is 0.193. The minimum absolute atomic E-state index is 0.193. The molecule has 0 aliphatic heterocycles. The van der Waals surface area contributed by atoms with Crippen LogP contribution >= 0.6 is 0 Å². The molecule has 0 radical (unpaired) electrons. The molecule has 0 aromatic carbocycles. The van der Waals surface area contributed by atoms with Gasteiger partial charge in [-0.2, -0.15) is 4.98 Å². The van der Waals surface area contributed by atoms with E-state index in [1.165, 1.54) is 19.3 Å². The molecule has 0 saturated heterocycles. The smallest absolute Gasteiger partial charge is 0.321 e. The van der Waals surface area contributed by atoms with Crippen LogP contribution < -0.4 is 5.32 Å². The molecule has 1 heterocycles. The maximum Gasteiger partial charge on any atom is 0.321 e. The molecule has 0 bridgehead atoms. The van der Waals surface area contributed by atoms with Crippen LogP contribution in [-0.2, 0) is 0 Å². The van der Waals surface area contributed by atoms with Crippen LogP contribution in [0.25, 0.3) is 0 Å². The van der Waals surface area contributed by atoms with Crippen molar-refractivity contribution in [3.8, 4) is 0 Å². The van der Waals surface area contributed by atoms with Gasteiger partial charge in [-0.05, 0) is 33.1 Å². The van der Waals surface area contributed by atoms with E-state index in [1.54, 1.807) is 0 Å². The largest absolute Gasteiger partial charge is 0.333 e. The summed E-state index contributed by atoms with van der Waals surface area (Å²) in [6, 6.07) is 0.551. The van der Waals surface area contributed by atoms with Crippen molar-refractivity contribution in [3.63, 3.8) is 0 Å². The highest BCUT2D eigenvalue weighted by molar-refractivity contribution is 5.25. The molecule has 12 heavy (non-hydrogen) atoms. The lowest BCUT2D eigenvalue weighted by Gasteiger charge is -2.38. The van der Waals surface area contributed by atoms with Crippen molar-refractivity contribution < 1.29 is 4.52 Å². The van der Waals surface area contributed by atoms with Gasteiger partial charge in [-0.3, -0.25) is 0 Å². The van der Waals surface area contributed by atoms with Crippen LogP contribution in [0.1, 0.15) is 32.0 Å². The summed E-state index contributed by atoms with van der Waals surface area (Å²) in [6.07, 6.45) is 3.67. The lowest BCUT2D eigenvalue weighted by atomic mass is 9.79. The van der Waals surface area contributed by atoms with Crippen molar-refractivity contribution in [2.45, 2.75) is 38.6 Å². The van der Waals surface area contributed by atoms with E-state index in [4.69, 9.17) is 4.52 Å². The lowest BCUT2D eigenvalue weighted by Crippen LogP contribution is -2.41. The predicted molar refractivity (Wildman–Crippen MR) is 44.9 cm³/mol. The Morgan fingerprint density at radius 3 is 2.67 bits per heavy atom. The van der Waals surface area contributed by atoms with Crippen LogP contribution in [0.5, 0.6) is 0 Å². The molecule has 4 heteroatoms. The van der Waals surface area contributed by atoms with Gasteiger partial charge < -0.3 is 9.84 Å². The van der Waals surface area contributed by atoms with Gasteiger partial charge >= 0.3 is 6.01 Å². The number of anilines is 1. The molecular formula is C8H13N3O. The molecule has 4 nitrogen and oxygen atoms in total. The Labute approximate surface area is 71.4 Å². The summed E-state index contributed by atoms with van der Waals surface area (Å²) >= 11 is 0. The average molecular weight is 167 g/mol. The minimum atomic E-state index is 0.193. The van der Waals surface area contributed by atoms with Gasteiger partial charge in [0.2, 0.25) is 0 Å². The molecular weight excluding hydrogens is 154 g/mol. The molecule has 1 N–H and O–H groups in total. The predicted octanol–water partition coefficient (Wildman–Crippen LogP) is 1.73. The van der Waals surface area contributed by atoms with Gasteiger partial charge in [0.1, 0.15) is 0 Å². The Morgan fingerprint density at radius 2 is 2.25 bits per heavy atom. The highest BCUT2D eigenvalue weighted by Gasteiger charge is 2.32. The van der Waals surface area contributed by atoms with E-state index in [2.05, 4.69) is 22.4 Å². The summed E-state index contributed by atoms with van der Waals surface area (Å²) in [7, 11) is 0. The van der Waals surface area contributed by atoms with Crippen molar-refractivity contribution in [3.05, 3.63) is 5.82 Å². The second kappa shape index (κ2) is 2.47. The van der Waals surface area contributed by atoms with E-state index in [-0.39, 0.29) is 5.54 Å². The number of aryl methyl sites for hydroxylation is 1. The monoisotopic (exact) mass is 167 g/mol. The summed E-state index contributed by atoms with van der Waals surface area (Å²) in [4.78, 5) is 4.09. The van der Waals surface area contributed by atoms with Crippen LogP contribution in [0.15, 0.2) is 4.52 Å². The molecule has 0 atom stereocenters. The number of nitrogens with zero attached hydrogens (tertiary/aromatic N) is 2. The number of rotatable bonds is 2. The Kier molecular flexibility index (Phi) is 1.56. The molecule has 1 saturated carbocycles.